The topological polar surface area (TPSA) is 61.4 Å². The Morgan fingerprint density at radius 3 is 2.10 bits per heavy atom. The first-order chi connectivity index (χ1) is 13.5. The minimum Gasteiger partial charge on any atom is -0.381 e. The first kappa shape index (κ1) is 23.6. The number of alkyl halides is 3. The molecule has 2 rings (SSSR count). The zero-order chi connectivity index (χ0) is 21.8. The molecule has 158 valence electrons. The fourth-order valence-electron chi connectivity index (χ4n) is 2.46. The number of aliphatic hydroxyl groups is 1. The molecule has 0 aliphatic carbocycles. The smallest absolute Gasteiger partial charge is 0.381 e. The van der Waals surface area contributed by atoms with Crippen LogP contribution in [-0.4, -0.2) is 23.7 Å². The number of amides is 1. The Kier molecular flexibility index (Phi) is 7.67. The number of hydrogen-bond acceptors (Lipinski definition) is 3. The predicted octanol–water partition coefficient (Wildman–Crippen LogP) is 5.54. The quantitative estimate of drug-likeness (QED) is 0.467. The Hall–Kier alpha value is -1.67. The van der Waals surface area contributed by atoms with Crippen molar-refractivity contribution in [1.82, 2.24) is 5.32 Å². The van der Waals surface area contributed by atoms with Crippen molar-refractivity contribution in [2.45, 2.75) is 31.7 Å². The van der Waals surface area contributed by atoms with Crippen molar-refractivity contribution in [2.75, 3.05) is 11.9 Å². The van der Waals surface area contributed by atoms with E-state index in [0.717, 1.165) is 17.7 Å². The van der Waals surface area contributed by atoms with E-state index in [0.29, 0.717) is 18.7 Å². The maximum atomic E-state index is 13.7. The minimum atomic E-state index is -5.01. The number of nitrogens with one attached hydrogen (secondary N) is 2. The fourth-order valence-corrected chi connectivity index (χ4v) is 3.05. The highest BCUT2D eigenvalue weighted by Gasteiger charge is 2.55. The van der Waals surface area contributed by atoms with Crippen LogP contribution in [0.15, 0.2) is 36.4 Å². The highest BCUT2D eigenvalue weighted by Crippen LogP contribution is 2.43. The van der Waals surface area contributed by atoms with Crippen LogP contribution in [0, 0.1) is 0 Å². The Labute approximate surface area is 181 Å². The number of anilines is 1. The maximum absolute atomic E-state index is 13.7. The number of halogens is 6. The lowest BCUT2D eigenvalue weighted by atomic mass is 9.92. The Morgan fingerprint density at radius 1 is 1.07 bits per heavy atom. The molecule has 0 aliphatic heterocycles. The average Bonchev–Trinajstić information content (AvgIpc) is 2.67. The second-order valence-electron chi connectivity index (χ2n) is 6.29. The molecule has 1 amide bonds. The molecule has 0 unspecified atom stereocenters. The molecular formula is C19H18Cl3F3N2O2. The summed E-state index contributed by atoms with van der Waals surface area (Å²) in [5.41, 5.74) is -2.65. The van der Waals surface area contributed by atoms with Crippen molar-refractivity contribution >= 4 is 46.4 Å². The van der Waals surface area contributed by atoms with Crippen LogP contribution in [0.4, 0.5) is 18.9 Å². The van der Waals surface area contributed by atoms with E-state index in [-0.39, 0.29) is 21.0 Å². The van der Waals surface area contributed by atoms with Crippen LogP contribution < -0.4 is 10.6 Å². The van der Waals surface area contributed by atoms with Gasteiger partial charge in [-0.3, -0.25) is 4.79 Å². The molecule has 10 heteroatoms. The van der Waals surface area contributed by atoms with Gasteiger partial charge in [-0.05, 0) is 35.4 Å². The monoisotopic (exact) mass is 468 g/mol. The van der Waals surface area contributed by atoms with Gasteiger partial charge in [0.05, 0.1) is 21.6 Å². The molecular weight excluding hydrogens is 452 g/mol. The first-order valence-electron chi connectivity index (χ1n) is 8.51. The van der Waals surface area contributed by atoms with Crippen LogP contribution in [0.1, 0.15) is 24.5 Å². The van der Waals surface area contributed by atoms with E-state index < -0.39 is 23.9 Å². The van der Waals surface area contributed by atoms with Crippen molar-refractivity contribution in [1.29, 1.82) is 0 Å². The summed E-state index contributed by atoms with van der Waals surface area (Å²) in [4.78, 5) is 11.3. The molecule has 0 saturated carbocycles. The van der Waals surface area contributed by atoms with Gasteiger partial charge in [-0.1, -0.05) is 53.9 Å². The van der Waals surface area contributed by atoms with Gasteiger partial charge in [-0.25, -0.2) is 0 Å². The Bertz CT molecular complexity index is 853. The second kappa shape index (κ2) is 9.43. The summed E-state index contributed by atoms with van der Waals surface area (Å²) in [7, 11) is 0. The van der Waals surface area contributed by atoms with Crippen LogP contribution in [0.25, 0.3) is 0 Å². The average molecular weight is 470 g/mol. The van der Waals surface area contributed by atoms with Gasteiger partial charge in [0, 0.05) is 18.7 Å². The summed E-state index contributed by atoms with van der Waals surface area (Å²) in [6.45, 7) is 1.16. The van der Waals surface area contributed by atoms with Gasteiger partial charge in [-0.15, -0.1) is 0 Å². The van der Waals surface area contributed by atoms with Crippen LogP contribution in [0.2, 0.25) is 15.1 Å². The maximum Gasteiger partial charge on any atom is 0.423 e. The highest BCUT2D eigenvalue weighted by molar-refractivity contribution is 6.48. The van der Waals surface area contributed by atoms with Gasteiger partial charge in [-0.2, -0.15) is 13.2 Å². The summed E-state index contributed by atoms with van der Waals surface area (Å²) in [5.74, 6) is -0.109. The summed E-state index contributed by atoms with van der Waals surface area (Å²) in [6, 6.07) is 8.27. The van der Waals surface area contributed by atoms with E-state index in [9.17, 15) is 23.1 Å². The molecule has 0 aromatic heterocycles. The van der Waals surface area contributed by atoms with Crippen LogP contribution in [0.3, 0.4) is 0 Å². The third kappa shape index (κ3) is 5.69. The lowest BCUT2D eigenvalue weighted by molar-refractivity contribution is -0.260. The zero-order valence-corrected chi connectivity index (χ0v) is 17.5. The summed E-state index contributed by atoms with van der Waals surface area (Å²) in [6.07, 6.45) is -4.65. The van der Waals surface area contributed by atoms with Gasteiger partial charge < -0.3 is 15.7 Å². The lowest BCUT2D eigenvalue weighted by Crippen LogP contribution is -2.47. The van der Waals surface area contributed by atoms with E-state index in [2.05, 4.69) is 10.6 Å². The molecule has 3 N–H and O–H groups in total. The van der Waals surface area contributed by atoms with Gasteiger partial charge >= 0.3 is 6.18 Å². The SMILES string of the molecule is CCC(=O)NCc1ccc(NC[C@](O)(c2cc(Cl)c(Cl)c(Cl)c2)C(F)(F)F)cc1. The van der Waals surface area contributed by atoms with E-state index in [4.69, 9.17) is 34.8 Å². The molecule has 4 nitrogen and oxygen atoms in total. The third-order valence-electron chi connectivity index (χ3n) is 4.24. The van der Waals surface area contributed by atoms with E-state index in [1.165, 1.54) is 0 Å². The number of benzene rings is 2. The molecule has 0 bridgehead atoms. The fraction of sp³-hybridized carbons (Fsp3) is 0.316. The minimum absolute atomic E-state index is 0.0969. The van der Waals surface area contributed by atoms with Crippen molar-refractivity contribution in [3.63, 3.8) is 0 Å². The normalized spacial score (nSPS) is 13.7. The highest BCUT2D eigenvalue weighted by atomic mass is 35.5. The van der Waals surface area contributed by atoms with E-state index in [1.54, 1.807) is 31.2 Å². The largest absolute Gasteiger partial charge is 0.423 e. The van der Waals surface area contributed by atoms with Gasteiger partial charge in [0.15, 0.2) is 0 Å². The molecule has 2 aromatic carbocycles. The summed E-state index contributed by atoms with van der Waals surface area (Å²) in [5, 5.41) is 15.2. The number of hydrogen-bond donors (Lipinski definition) is 3. The molecule has 0 heterocycles. The van der Waals surface area contributed by atoms with Crippen LogP contribution in [0.5, 0.6) is 0 Å². The Morgan fingerprint density at radius 2 is 1.62 bits per heavy atom. The molecule has 1 atom stereocenters. The number of carbonyl (C=O) groups excluding carboxylic acids is 1. The molecule has 2 aromatic rings. The molecule has 0 saturated heterocycles. The lowest BCUT2D eigenvalue weighted by Gasteiger charge is -2.32. The van der Waals surface area contributed by atoms with Crippen LogP contribution in [-0.2, 0) is 16.9 Å². The Balaban J connectivity index is 2.19. The first-order valence-corrected chi connectivity index (χ1v) is 9.65. The number of rotatable bonds is 7. The molecule has 0 aliphatic rings. The zero-order valence-electron chi connectivity index (χ0n) is 15.2. The van der Waals surface area contributed by atoms with E-state index >= 15 is 0 Å². The second-order valence-corrected chi connectivity index (χ2v) is 7.49. The third-order valence-corrected chi connectivity index (χ3v) is 5.44. The molecule has 0 radical (unpaired) electrons. The van der Waals surface area contributed by atoms with Crippen LogP contribution >= 0.6 is 34.8 Å². The van der Waals surface area contributed by atoms with E-state index in [1.807, 2.05) is 0 Å². The van der Waals surface area contributed by atoms with Gasteiger partial charge in [0.1, 0.15) is 0 Å². The number of carbonyl (C=O) groups is 1. The van der Waals surface area contributed by atoms with Gasteiger partial charge in [0.2, 0.25) is 11.5 Å². The van der Waals surface area contributed by atoms with Crippen molar-refractivity contribution in [3.8, 4) is 0 Å². The van der Waals surface area contributed by atoms with Crippen molar-refractivity contribution < 1.29 is 23.1 Å². The molecule has 0 spiro atoms. The predicted molar refractivity (Wildman–Crippen MR) is 108 cm³/mol. The summed E-state index contributed by atoms with van der Waals surface area (Å²) < 4.78 is 41.0. The summed E-state index contributed by atoms with van der Waals surface area (Å²) >= 11 is 17.4. The molecule has 29 heavy (non-hydrogen) atoms. The van der Waals surface area contributed by atoms with Crippen molar-refractivity contribution in [2.24, 2.45) is 0 Å². The van der Waals surface area contributed by atoms with Crippen molar-refractivity contribution in [3.05, 3.63) is 62.6 Å². The standard InChI is InChI=1S/C19H18Cl3F3N2O2/c1-2-16(28)26-9-11-3-5-13(6-4-11)27-10-18(29,19(23,24)25)12-7-14(20)17(22)15(21)8-12/h3-8,27,29H,2,9-10H2,1H3,(H,26,28)/t18-/m0/s1. The molecule has 0 fully saturated rings. The van der Waals surface area contributed by atoms with Gasteiger partial charge in [0.25, 0.3) is 0 Å².